The maximum absolute atomic E-state index is 12.7. The molecule has 8 nitrogen and oxygen atoms in total. The molecule has 40 heavy (non-hydrogen) atoms. The second-order valence-corrected chi connectivity index (χ2v) is 9.89. The quantitative estimate of drug-likeness (QED) is 0.284. The van der Waals surface area contributed by atoms with Gasteiger partial charge >= 0.3 is 11.9 Å². The molecule has 4 aromatic rings. The summed E-state index contributed by atoms with van der Waals surface area (Å²) in [6.07, 6.45) is -1.32. The molecule has 2 unspecified atom stereocenters. The fraction of sp³-hybridized carbons (Fsp3) is 0.188. The highest BCUT2D eigenvalue weighted by molar-refractivity contribution is 5.94. The van der Waals surface area contributed by atoms with Crippen molar-refractivity contribution in [1.29, 1.82) is 0 Å². The largest absolute Gasteiger partial charge is 0.508 e. The summed E-state index contributed by atoms with van der Waals surface area (Å²) in [4.78, 5) is 29.4. The maximum atomic E-state index is 12.7. The Balaban J connectivity index is 1.33. The van der Waals surface area contributed by atoms with Crippen LogP contribution in [0.3, 0.4) is 0 Å². The second kappa shape index (κ2) is 10.8. The number of carbonyl (C=O) groups excluding carboxylic acids is 2. The summed E-state index contributed by atoms with van der Waals surface area (Å²) in [5, 5.41) is 21.1. The predicted molar refractivity (Wildman–Crippen MR) is 146 cm³/mol. The van der Waals surface area contributed by atoms with Gasteiger partial charge in [0.25, 0.3) is 0 Å². The highest BCUT2D eigenvalue weighted by Crippen LogP contribution is 2.37. The van der Waals surface area contributed by atoms with Gasteiger partial charge in [0.15, 0.2) is 12.5 Å². The van der Waals surface area contributed by atoms with Gasteiger partial charge < -0.3 is 19.7 Å². The molecule has 6 rings (SSSR count). The fourth-order valence-corrected chi connectivity index (χ4v) is 5.34. The highest BCUT2D eigenvalue weighted by Gasteiger charge is 2.38. The van der Waals surface area contributed by atoms with Crippen molar-refractivity contribution in [1.82, 2.24) is 9.80 Å². The number of nitrogens with zero attached hydrogens (tertiary/aromatic N) is 2. The summed E-state index contributed by atoms with van der Waals surface area (Å²) in [5.74, 6) is -0.496. The number of rotatable bonds is 9. The summed E-state index contributed by atoms with van der Waals surface area (Å²) in [6.45, 7) is 1.41. The van der Waals surface area contributed by atoms with Crippen molar-refractivity contribution < 1.29 is 29.3 Å². The Morgan fingerprint density at radius 1 is 0.550 bits per heavy atom. The number of para-hydroxylation sites is 2. The molecule has 2 heterocycles. The first-order valence-corrected chi connectivity index (χ1v) is 13.1. The number of phenols is 2. The normalized spacial score (nSPS) is 17.6. The number of cyclic esters (lactones) is 2. The van der Waals surface area contributed by atoms with Gasteiger partial charge in [-0.15, -0.1) is 0 Å². The van der Waals surface area contributed by atoms with Crippen LogP contribution >= 0.6 is 0 Å². The lowest BCUT2D eigenvalue weighted by molar-refractivity contribution is -0.0526. The van der Waals surface area contributed by atoms with Crippen LogP contribution in [0.5, 0.6) is 11.5 Å². The Labute approximate surface area is 231 Å². The summed E-state index contributed by atoms with van der Waals surface area (Å²) in [5.41, 5.74) is 3.92. The van der Waals surface area contributed by atoms with E-state index in [2.05, 4.69) is 0 Å². The smallest absolute Gasteiger partial charge is 0.340 e. The van der Waals surface area contributed by atoms with Gasteiger partial charge in [0.1, 0.15) is 11.5 Å². The molecule has 0 aliphatic carbocycles. The molecule has 0 radical (unpaired) electrons. The zero-order valence-electron chi connectivity index (χ0n) is 21.6. The van der Waals surface area contributed by atoms with E-state index in [9.17, 15) is 19.8 Å². The number of hydrogen-bond acceptors (Lipinski definition) is 8. The molecule has 2 aliphatic rings. The van der Waals surface area contributed by atoms with Gasteiger partial charge in [0, 0.05) is 48.4 Å². The van der Waals surface area contributed by atoms with Crippen LogP contribution < -0.4 is 0 Å². The van der Waals surface area contributed by atoms with Gasteiger partial charge in [-0.3, -0.25) is 9.80 Å². The first kappa shape index (κ1) is 25.6. The maximum Gasteiger partial charge on any atom is 0.340 e. The average Bonchev–Trinajstić information content (AvgIpc) is 3.49. The Morgan fingerprint density at radius 2 is 0.925 bits per heavy atom. The van der Waals surface area contributed by atoms with E-state index >= 15 is 0 Å². The predicted octanol–water partition coefficient (Wildman–Crippen LogP) is 5.14. The van der Waals surface area contributed by atoms with Crippen molar-refractivity contribution in [3.05, 3.63) is 130 Å². The summed E-state index contributed by atoms with van der Waals surface area (Å²) in [6, 6.07) is 28.7. The Bertz CT molecular complexity index is 1450. The standard InChI is InChI=1S/C32H28N2O6/c35-27-15-7-1-9-21(27)19-33(29-23-11-3-5-13-25(23)31(37)39-29)17-18-34(20-22-10-2-8-16-28(22)36)30-24-12-4-6-14-26(24)32(38)40-30/h1-16,29-30,35-36H,17-20H2. The van der Waals surface area contributed by atoms with Gasteiger partial charge in [-0.1, -0.05) is 72.8 Å². The van der Waals surface area contributed by atoms with Crippen molar-refractivity contribution in [2.24, 2.45) is 0 Å². The van der Waals surface area contributed by atoms with E-state index in [-0.39, 0.29) is 11.5 Å². The first-order valence-electron chi connectivity index (χ1n) is 13.1. The van der Waals surface area contributed by atoms with E-state index in [0.717, 1.165) is 11.1 Å². The van der Waals surface area contributed by atoms with Crippen molar-refractivity contribution in [3.8, 4) is 11.5 Å². The molecule has 4 aromatic carbocycles. The molecule has 0 amide bonds. The average molecular weight is 537 g/mol. The molecule has 0 bridgehead atoms. The molecule has 0 fully saturated rings. The lowest BCUT2D eigenvalue weighted by Crippen LogP contribution is -2.38. The number of ether oxygens (including phenoxy) is 2. The SMILES string of the molecule is O=C1OC(N(CCN(Cc2ccccc2O)C2OC(=O)c3ccccc32)Cc2ccccc2O)c2ccccc21. The molecule has 2 aliphatic heterocycles. The van der Waals surface area contributed by atoms with Crippen molar-refractivity contribution in [3.63, 3.8) is 0 Å². The van der Waals surface area contributed by atoms with Crippen molar-refractivity contribution >= 4 is 11.9 Å². The van der Waals surface area contributed by atoms with Crippen molar-refractivity contribution in [2.75, 3.05) is 13.1 Å². The molecule has 0 aromatic heterocycles. The minimum absolute atomic E-state index is 0.148. The second-order valence-electron chi connectivity index (χ2n) is 9.89. The molecule has 0 spiro atoms. The van der Waals surface area contributed by atoms with Crippen molar-refractivity contribution in [2.45, 2.75) is 25.5 Å². The van der Waals surface area contributed by atoms with Crippen LogP contribution in [0.1, 0.15) is 55.4 Å². The third-order valence-corrected chi connectivity index (χ3v) is 7.40. The third kappa shape index (κ3) is 4.90. The first-order chi connectivity index (χ1) is 19.5. The lowest BCUT2D eigenvalue weighted by Gasteiger charge is -2.33. The van der Waals surface area contributed by atoms with Gasteiger partial charge in [-0.2, -0.15) is 0 Å². The summed E-state index contributed by atoms with van der Waals surface area (Å²) < 4.78 is 11.7. The van der Waals surface area contributed by atoms with Crippen LogP contribution in [-0.4, -0.2) is 45.0 Å². The van der Waals surface area contributed by atoms with Gasteiger partial charge in [-0.05, 0) is 24.3 Å². The number of esters is 2. The molecule has 2 atom stereocenters. The minimum Gasteiger partial charge on any atom is -0.508 e. The summed E-state index contributed by atoms with van der Waals surface area (Å²) in [7, 11) is 0. The molecule has 0 saturated heterocycles. The van der Waals surface area contributed by atoms with Crippen LogP contribution in [0.4, 0.5) is 0 Å². The van der Waals surface area contributed by atoms with E-state index in [1.54, 1.807) is 48.5 Å². The Hall–Kier alpha value is -4.66. The van der Waals surface area contributed by atoms with Gasteiger partial charge in [0.05, 0.1) is 11.1 Å². The Kier molecular flexibility index (Phi) is 6.94. The van der Waals surface area contributed by atoms with E-state index in [0.29, 0.717) is 48.4 Å². The lowest BCUT2D eigenvalue weighted by atomic mass is 10.1. The van der Waals surface area contributed by atoms with Gasteiger partial charge in [0.2, 0.25) is 0 Å². The fourth-order valence-electron chi connectivity index (χ4n) is 5.34. The monoisotopic (exact) mass is 536 g/mol. The number of aromatic hydroxyl groups is 2. The molecular formula is C32H28N2O6. The third-order valence-electron chi connectivity index (χ3n) is 7.40. The van der Waals surface area contributed by atoms with E-state index in [4.69, 9.17) is 9.47 Å². The number of benzene rings is 4. The topological polar surface area (TPSA) is 99.5 Å². The molecule has 0 saturated carbocycles. The Morgan fingerprint density at radius 3 is 1.35 bits per heavy atom. The molecule has 8 heteroatoms. The van der Waals surface area contributed by atoms with Crippen LogP contribution in [0.2, 0.25) is 0 Å². The van der Waals surface area contributed by atoms with E-state index in [1.165, 1.54) is 0 Å². The minimum atomic E-state index is -0.659. The van der Waals surface area contributed by atoms with Crippen LogP contribution in [0.25, 0.3) is 0 Å². The number of hydrogen-bond donors (Lipinski definition) is 2. The van der Waals surface area contributed by atoms with E-state index in [1.807, 2.05) is 58.3 Å². The van der Waals surface area contributed by atoms with E-state index < -0.39 is 24.4 Å². The highest BCUT2D eigenvalue weighted by atomic mass is 16.6. The zero-order chi connectivity index (χ0) is 27.6. The summed E-state index contributed by atoms with van der Waals surface area (Å²) >= 11 is 0. The zero-order valence-corrected chi connectivity index (χ0v) is 21.6. The number of phenolic OH excluding ortho intramolecular Hbond substituents is 2. The van der Waals surface area contributed by atoms with Crippen LogP contribution in [0, 0.1) is 0 Å². The van der Waals surface area contributed by atoms with Gasteiger partial charge in [-0.25, -0.2) is 9.59 Å². The molecule has 202 valence electrons. The van der Waals surface area contributed by atoms with Crippen LogP contribution in [-0.2, 0) is 22.6 Å². The number of fused-ring (bicyclic) bond motifs is 2. The number of carbonyl (C=O) groups is 2. The molecular weight excluding hydrogens is 508 g/mol. The molecule has 2 N–H and O–H groups in total. The van der Waals surface area contributed by atoms with Crippen LogP contribution in [0.15, 0.2) is 97.1 Å².